The van der Waals surface area contributed by atoms with Crippen molar-refractivity contribution in [1.29, 1.82) is 0 Å². The van der Waals surface area contributed by atoms with Gasteiger partial charge in [-0.1, -0.05) is 24.6 Å². The van der Waals surface area contributed by atoms with Gasteiger partial charge >= 0.3 is 0 Å². The highest BCUT2D eigenvalue weighted by Gasteiger charge is 2.23. The minimum absolute atomic E-state index is 0.301. The fourth-order valence-electron chi connectivity index (χ4n) is 2.59. The Morgan fingerprint density at radius 3 is 2.89 bits per heavy atom. The molecule has 0 aliphatic carbocycles. The molecular formula is C15H24N2O. The molecule has 1 fully saturated rings. The third kappa shape index (κ3) is 3.03. The lowest BCUT2D eigenvalue weighted by Crippen LogP contribution is -2.47. The minimum Gasteiger partial charge on any atom is -0.496 e. The molecule has 0 amide bonds. The lowest BCUT2D eigenvalue weighted by Gasteiger charge is -2.35. The zero-order valence-electron chi connectivity index (χ0n) is 11.6. The number of rotatable bonds is 3. The van der Waals surface area contributed by atoms with Crippen molar-refractivity contribution < 1.29 is 4.74 Å². The van der Waals surface area contributed by atoms with Crippen molar-refractivity contribution in [3.05, 3.63) is 29.3 Å². The van der Waals surface area contributed by atoms with E-state index < -0.39 is 0 Å². The number of piperidine rings is 1. The molecule has 3 heteroatoms. The third-order valence-electron chi connectivity index (χ3n) is 3.93. The van der Waals surface area contributed by atoms with Gasteiger partial charge in [0.05, 0.1) is 7.11 Å². The van der Waals surface area contributed by atoms with Gasteiger partial charge in [0.15, 0.2) is 0 Å². The fraction of sp³-hybridized carbons (Fsp3) is 0.600. The summed E-state index contributed by atoms with van der Waals surface area (Å²) in [5.74, 6) is 1.62. The van der Waals surface area contributed by atoms with E-state index in [1.54, 1.807) is 7.11 Å². The van der Waals surface area contributed by atoms with Crippen LogP contribution in [0.3, 0.4) is 0 Å². The van der Waals surface area contributed by atoms with Crippen molar-refractivity contribution in [3.8, 4) is 5.75 Å². The number of hydrogen-bond acceptors (Lipinski definition) is 3. The number of aryl methyl sites for hydroxylation is 1. The highest BCUT2D eigenvalue weighted by molar-refractivity contribution is 5.36. The Labute approximate surface area is 110 Å². The van der Waals surface area contributed by atoms with Crippen LogP contribution >= 0.6 is 0 Å². The SMILES string of the molecule is COc1ccc(C)cc1CN1CCC(C)C(N)C1. The standard InChI is InChI=1S/C15H24N2O/c1-11-4-5-15(18-3)13(8-11)9-17-7-6-12(2)14(16)10-17/h4-5,8,12,14H,6-7,9-10,16H2,1-3H3. The van der Waals surface area contributed by atoms with Crippen LogP contribution in [0.25, 0.3) is 0 Å². The number of nitrogens with two attached hydrogens (primary N) is 1. The van der Waals surface area contributed by atoms with Crippen LogP contribution in [-0.2, 0) is 6.54 Å². The number of nitrogens with zero attached hydrogens (tertiary/aromatic N) is 1. The summed E-state index contributed by atoms with van der Waals surface area (Å²) in [4.78, 5) is 2.43. The zero-order chi connectivity index (χ0) is 13.1. The normalized spacial score (nSPS) is 25.1. The van der Waals surface area contributed by atoms with Gasteiger partial charge in [-0.15, -0.1) is 0 Å². The van der Waals surface area contributed by atoms with Crippen LogP contribution in [0.2, 0.25) is 0 Å². The maximum Gasteiger partial charge on any atom is 0.123 e. The molecule has 0 saturated carbocycles. The maximum atomic E-state index is 6.15. The molecule has 1 aromatic carbocycles. The average molecular weight is 248 g/mol. The van der Waals surface area contributed by atoms with Crippen LogP contribution in [0, 0.1) is 12.8 Å². The molecule has 0 spiro atoms. The number of benzene rings is 1. The van der Waals surface area contributed by atoms with E-state index in [2.05, 4.69) is 36.9 Å². The number of hydrogen-bond donors (Lipinski definition) is 1. The Bertz CT molecular complexity index is 405. The summed E-state index contributed by atoms with van der Waals surface area (Å²) < 4.78 is 5.43. The van der Waals surface area contributed by atoms with E-state index in [-0.39, 0.29) is 0 Å². The highest BCUT2D eigenvalue weighted by atomic mass is 16.5. The van der Waals surface area contributed by atoms with Gasteiger partial charge in [0.25, 0.3) is 0 Å². The summed E-state index contributed by atoms with van der Waals surface area (Å²) >= 11 is 0. The Kier molecular flexibility index (Phi) is 4.25. The van der Waals surface area contributed by atoms with Crippen molar-refractivity contribution in [2.24, 2.45) is 11.7 Å². The van der Waals surface area contributed by atoms with Crippen LogP contribution in [0.5, 0.6) is 5.75 Å². The van der Waals surface area contributed by atoms with Crippen molar-refractivity contribution in [1.82, 2.24) is 4.90 Å². The first-order valence-corrected chi connectivity index (χ1v) is 6.71. The summed E-state index contributed by atoms with van der Waals surface area (Å²) in [7, 11) is 1.73. The molecule has 100 valence electrons. The van der Waals surface area contributed by atoms with E-state index in [0.29, 0.717) is 12.0 Å². The van der Waals surface area contributed by atoms with Gasteiger partial charge in [-0.2, -0.15) is 0 Å². The van der Waals surface area contributed by atoms with E-state index in [1.165, 1.54) is 17.5 Å². The second-order valence-electron chi connectivity index (χ2n) is 5.48. The Hall–Kier alpha value is -1.06. The van der Waals surface area contributed by atoms with E-state index in [1.807, 2.05) is 0 Å². The molecule has 1 aliphatic rings. The summed E-state index contributed by atoms with van der Waals surface area (Å²) in [6.07, 6.45) is 1.19. The van der Waals surface area contributed by atoms with Crippen molar-refractivity contribution in [2.45, 2.75) is 32.9 Å². The first-order valence-electron chi connectivity index (χ1n) is 6.71. The lowest BCUT2D eigenvalue weighted by molar-refractivity contribution is 0.161. The molecule has 0 bridgehead atoms. The molecule has 3 nitrogen and oxygen atoms in total. The van der Waals surface area contributed by atoms with Gasteiger partial charge in [-0.25, -0.2) is 0 Å². The number of likely N-dealkylation sites (tertiary alicyclic amines) is 1. The molecule has 0 radical (unpaired) electrons. The predicted molar refractivity (Wildman–Crippen MR) is 74.8 cm³/mol. The van der Waals surface area contributed by atoms with Crippen LogP contribution in [-0.4, -0.2) is 31.1 Å². The van der Waals surface area contributed by atoms with Crippen LogP contribution in [0.1, 0.15) is 24.5 Å². The fourth-order valence-corrected chi connectivity index (χ4v) is 2.59. The molecule has 0 aromatic heterocycles. The second kappa shape index (κ2) is 5.72. The highest BCUT2D eigenvalue weighted by Crippen LogP contribution is 2.24. The van der Waals surface area contributed by atoms with Gasteiger partial charge in [0.1, 0.15) is 5.75 Å². The van der Waals surface area contributed by atoms with E-state index in [4.69, 9.17) is 10.5 Å². The molecule has 2 N–H and O–H groups in total. The minimum atomic E-state index is 0.301. The van der Waals surface area contributed by atoms with Crippen LogP contribution in [0.4, 0.5) is 0 Å². The van der Waals surface area contributed by atoms with Gasteiger partial charge in [0, 0.05) is 24.7 Å². The van der Waals surface area contributed by atoms with Crippen molar-refractivity contribution in [2.75, 3.05) is 20.2 Å². The maximum absolute atomic E-state index is 6.15. The average Bonchev–Trinajstić information content (AvgIpc) is 2.34. The second-order valence-corrected chi connectivity index (χ2v) is 5.48. The largest absolute Gasteiger partial charge is 0.496 e. The first kappa shape index (κ1) is 13.4. The smallest absolute Gasteiger partial charge is 0.123 e. The Morgan fingerprint density at radius 1 is 1.44 bits per heavy atom. The molecule has 2 atom stereocenters. The van der Waals surface area contributed by atoms with Gasteiger partial charge in [-0.3, -0.25) is 4.90 Å². The summed E-state index contributed by atoms with van der Waals surface area (Å²) in [6, 6.07) is 6.65. The van der Waals surface area contributed by atoms with Gasteiger partial charge in [0.2, 0.25) is 0 Å². The van der Waals surface area contributed by atoms with Gasteiger partial charge in [-0.05, 0) is 31.9 Å². The molecular weight excluding hydrogens is 224 g/mol. The van der Waals surface area contributed by atoms with Gasteiger partial charge < -0.3 is 10.5 Å². The summed E-state index contributed by atoms with van der Waals surface area (Å²) in [5, 5.41) is 0. The van der Waals surface area contributed by atoms with Crippen LogP contribution in [0.15, 0.2) is 18.2 Å². The summed E-state index contributed by atoms with van der Waals surface area (Å²) in [6.45, 7) is 7.41. The van der Waals surface area contributed by atoms with E-state index >= 15 is 0 Å². The third-order valence-corrected chi connectivity index (χ3v) is 3.93. The first-order chi connectivity index (χ1) is 8.60. The topological polar surface area (TPSA) is 38.5 Å². The molecule has 1 heterocycles. The van der Waals surface area contributed by atoms with E-state index in [9.17, 15) is 0 Å². The number of ether oxygens (including phenoxy) is 1. The van der Waals surface area contributed by atoms with Crippen molar-refractivity contribution >= 4 is 0 Å². The van der Waals surface area contributed by atoms with Crippen LogP contribution < -0.4 is 10.5 Å². The molecule has 2 rings (SSSR count). The quantitative estimate of drug-likeness (QED) is 0.891. The molecule has 1 aromatic rings. The zero-order valence-corrected chi connectivity index (χ0v) is 11.6. The monoisotopic (exact) mass is 248 g/mol. The molecule has 18 heavy (non-hydrogen) atoms. The predicted octanol–water partition coefficient (Wildman–Crippen LogP) is 2.17. The Balaban J connectivity index is 2.07. The molecule has 2 unspecified atom stereocenters. The van der Waals surface area contributed by atoms with Crippen molar-refractivity contribution in [3.63, 3.8) is 0 Å². The lowest BCUT2D eigenvalue weighted by atomic mass is 9.94. The number of methoxy groups -OCH3 is 1. The molecule has 1 saturated heterocycles. The summed E-state index contributed by atoms with van der Waals surface area (Å²) in [5.41, 5.74) is 8.69. The van der Waals surface area contributed by atoms with E-state index in [0.717, 1.165) is 25.4 Å². The Morgan fingerprint density at radius 2 is 2.22 bits per heavy atom. The molecule has 1 aliphatic heterocycles.